The summed E-state index contributed by atoms with van der Waals surface area (Å²) in [5.41, 5.74) is 2.16. The van der Waals surface area contributed by atoms with E-state index in [1.807, 2.05) is 43.3 Å². The smallest absolute Gasteiger partial charge is 0.251 e. The quantitative estimate of drug-likeness (QED) is 0.349. The Morgan fingerprint density at radius 3 is 2.33 bits per heavy atom. The summed E-state index contributed by atoms with van der Waals surface area (Å²) in [4.78, 5) is 8.95. The Bertz CT molecular complexity index is 1210. The van der Waals surface area contributed by atoms with E-state index in [1.165, 1.54) is 11.3 Å². The number of hydrogen-bond donors (Lipinski definition) is 0. The van der Waals surface area contributed by atoms with Crippen LogP contribution in [0.4, 0.5) is 10.9 Å². The van der Waals surface area contributed by atoms with Crippen molar-refractivity contribution < 1.29 is 0 Å². The molecule has 7 nitrogen and oxygen atoms in total. The maximum absolute atomic E-state index is 9.77. The van der Waals surface area contributed by atoms with Crippen LogP contribution in [0.25, 0.3) is 11.3 Å². The molecule has 0 amide bonds. The van der Waals surface area contributed by atoms with E-state index in [9.17, 15) is 10.5 Å². The molecule has 0 saturated heterocycles. The fraction of sp³-hybridized carbons (Fsp3) is 0.440. The van der Waals surface area contributed by atoms with Gasteiger partial charge in [-0.25, -0.2) is 4.98 Å². The molecule has 33 heavy (non-hydrogen) atoms. The molecule has 0 N–H and O–H groups in total. The summed E-state index contributed by atoms with van der Waals surface area (Å²) in [6.45, 7) is 13.5. The highest BCUT2D eigenvalue weighted by Gasteiger charge is 2.26. The summed E-state index contributed by atoms with van der Waals surface area (Å²) in [5.74, 6) is 0.951. The van der Waals surface area contributed by atoms with E-state index in [2.05, 4.69) is 60.9 Å². The van der Waals surface area contributed by atoms with Gasteiger partial charge in [-0.1, -0.05) is 76.3 Å². The average molecular weight is 460 g/mol. The van der Waals surface area contributed by atoms with Crippen molar-refractivity contribution in [1.82, 2.24) is 14.5 Å². The zero-order valence-electron chi connectivity index (χ0n) is 20.0. The first-order valence-corrected chi connectivity index (χ1v) is 11.8. The highest BCUT2D eigenvalue weighted by Crippen LogP contribution is 2.37. The van der Waals surface area contributed by atoms with Gasteiger partial charge in [0.1, 0.15) is 17.8 Å². The van der Waals surface area contributed by atoms with Crippen molar-refractivity contribution in [3.8, 4) is 23.4 Å². The molecule has 1 unspecified atom stereocenters. The minimum absolute atomic E-state index is 0.0773. The number of benzene rings is 1. The number of nitrogens with zero attached hydrogens (tertiary/aromatic N) is 7. The number of nitriles is 2. The second-order valence-corrected chi connectivity index (χ2v) is 10.8. The Morgan fingerprint density at radius 1 is 1.06 bits per heavy atom. The molecule has 1 atom stereocenters. The molecule has 170 valence electrons. The van der Waals surface area contributed by atoms with Crippen molar-refractivity contribution >= 4 is 22.3 Å². The molecule has 0 radical (unpaired) electrons. The second kappa shape index (κ2) is 10.1. The van der Waals surface area contributed by atoms with Crippen molar-refractivity contribution in [2.24, 2.45) is 27.5 Å². The van der Waals surface area contributed by atoms with Gasteiger partial charge in [0.2, 0.25) is 0 Å². The zero-order chi connectivity index (χ0) is 24.2. The van der Waals surface area contributed by atoms with Crippen LogP contribution in [0.2, 0.25) is 0 Å². The number of thiazole rings is 1. The standard InChI is InChI=1S/C25H29N7S/c1-16(2)19(12-25(4,5)6)15-32-21(14-27)20(13-26)29-24(32)31-30-23-22(28-17(3)33-23)18-10-8-7-9-11-18/h7-11,16,19H,12,15H2,1-6H3. The topological polar surface area (TPSA) is 103 Å². The molecule has 2 heterocycles. The Labute approximate surface area is 199 Å². The van der Waals surface area contributed by atoms with Gasteiger partial charge in [0.25, 0.3) is 5.95 Å². The van der Waals surface area contributed by atoms with Gasteiger partial charge in [-0.3, -0.25) is 4.57 Å². The zero-order valence-corrected chi connectivity index (χ0v) is 20.8. The van der Waals surface area contributed by atoms with Gasteiger partial charge in [-0.15, -0.1) is 10.2 Å². The Balaban J connectivity index is 2.03. The molecule has 3 aromatic rings. The van der Waals surface area contributed by atoms with Crippen LogP contribution in [0.1, 0.15) is 57.4 Å². The van der Waals surface area contributed by atoms with Gasteiger partial charge >= 0.3 is 0 Å². The SMILES string of the molecule is Cc1nc(-c2ccccc2)c(N=Nc2nc(C#N)c(C#N)n2CC(CC(C)(C)C)C(C)C)s1. The number of hydrogen-bond acceptors (Lipinski definition) is 7. The number of aromatic nitrogens is 3. The lowest BCUT2D eigenvalue weighted by atomic mass is 9.79. The van der Waals surface area contributed by atoms with E-state index in [0.717, 1.165) is 22.7 Å². The van der Waals surface area contributed by atoms with E-state index in [0.29, 0.717) is 17.5 Å². The Morgan fingerprint density at radius 2 is 1.76 bits per heavy atom. The van der Waals surface area contributed by atoms with Crippen LogP contribution in [0.15, 0.2) is 40.6 Å². The van der Waals surface area contributed by atoms with Crippen molar-refractivity contribution in [3.63, 3.8) is 0 Å². The monoisotopic (exact) mass is 459 g/mol. The van der Waals surface area contributed by atoms with Gasteiger partial charge in [0, 0.05) is 12.1 Å². The normalized spacial score (nSPS) is 12.8. The maximum Gasteiger partial charge on any atom is 0.251 e. The number of rotatable bonds is 7. The lowest BCUT2D eigenvalue weighted by molar-refractivity contribution is 0.219. The van der Waals surface area contributed by atoms with Crippen LogP contribution in [-0.2, 0) is 6.54 Å². The third kappa shape index (κ3) is 5.91. The molecule has 3 rings (SSSR count). The van der Waals surface area contributed by atoms with Crippen LogP contribution in [-0.4, -0.2) is 14.5 Å². The number of aryl methyl sites for hydroxylation is 1. The summed E-state index contributed by atoms with van der Waals surface area (Å²) in [7, 11) is 0. The predicted molar refractivity (Wildman–Crippen MR) is 131 cm³/mol. The highest BCUT2D eigenvalue weighted by molar-refractivity contribution is 7.15. The third-order valence-electron chi connectivity index (χ3n) is 5.39. The molecule has 0 aliphatic rings. The minimum Gasteiger partial charge on any atom is -0.297 e. The van der Waals surface area contributed by atoms with E-state index in [1.54, 1.807) is 4.57 Å². The van der Waals surface area contributed by atoms with Crippen LogP contribution >= 0.6 is 11.3 Å². The highest BCUT2D eigenvalue weighted by atomic mass is 32.1. The summed E-state index contributed by atoms with van der Waals surface area (Å²) >= 11 is 1.44. The molecule has 0 saturated carbocycles. The average Bonchev–Trinajstić information content (AvgIpc) is 3.30. The molecule has 0 spiro atoms. The third-order valence-corrected chi connectivity index (χ3v) is 6.24. The molecule has 8 heteroatoms. The predicted octanol–water partition coefficient (Wildman–Crippen LogP) is 7.18. The molecule has 0 aliphatic heterocycles. The van der Waals surface area contributed by atoms with Crippen molar-refractivity contribution in [2.45, 2.75) is 54.5 Å². The Hall–Kier alpha value is -3.36. The van der Waals surface area contributed by atoms with Crippen LogP contribution in [0, 0.1) is 46.8 Å². The summed E-state index contributed by atoms with van der Waals surface area (Å²) in [6.07, 6.45) is 0.971. The van der Waals surface area contributed by atoms with Gasteiger partial charge in [0.15, 0.2) is 16.4 Å². The fourth-order valence-electron chi connectivity index (χ4n) is 3.77. The van der Waals surface area contributed by atoms with E-state index < -0.39 is 0 Å². The van der Waals surface area contributed by atoms with Gasteiger partial charge in [0.05, 0.1) is 5.01 Å². The molecular weight excluding hydrogens is 430 g/mol. The van der Waals surface area contributed by atoms with Crippen molar-refractivity contribution in [1.29, 1.82) is 10.5 Å². The van der Waals surface area contributed by atoms with E-state index in [-0.39, 0.29) is 28.7 Å². The number of imidazole rings is 1. The summed E-state index contributed by atoms with van der Waals surface area (Å²) < 4.78 is 1.74. The summed E-state index contributed by atoms with van der Waals surface area (Å²) in [5, 5.41) is 29.7. The van der Waals surface area contributed by atoms with Crippen LogP contribution in [0.3, 0.4) is 0 Å². The van der Waals surface area contributed by atoms with Gasteiger partial charge in [-0.05, 0) is 30.6 Å². The van der Waals surface area contributed by atoms with Gasteiger partial charge in [-0.2, -0.15) is 15.5 Å². The molecule has 0 fully saturated rings. The molecule has 0 aliphatic carbocycles. The van der Waals surface area contributed by atoms with Crippen molar-refractivity contribution in [2.75, 3.05) is 0 Å². The van der Waals surface area contributed by atoms with Crippen LogP contribution < -0.4 is 0 Å². The summed E-state index contributed by atoms with van der Waals surface area (Å²) in [6, 6.07) is 14.0. The lowest BCUT2D eigenvalue weighted by Crippen LogP contribution is -2.23. The molecule has 1 aromatic carbocycles. The first kappa shape index (κ1) is 24.3. The number of azo groups is 1. The Kier molecular flexibility index (Phi) is 7.40. The fourth-order valence-corrected chi connectivity index (χ4v) is 4.53. The van der Waals surface area contributed by atoms with E-state index >= 15 is 0 Å². The van der Waals surface area contributed by atoms with Crippen LogP contribution in [0.5, 0.6) is 0 Å². The van der Waals surface area contributed by atoms with Gasteiger partial charge < -0.3 is 0 Å². The second-order valence-electron chi connectivity index (χ2n) is 9.66. The maximum atomic E-state index is 9.77. The molecule has 0 bridgehead atoms. The first-order valence-electron chi connectivity index (χ1n) is 11.0. The molecular formula is C25H29N7S. The van der Waals surface area contributed by atoms with Crippen molar-refractivity contribution in [3.05, 3.63) is 46.7 Å². The van der Waals surface area contributed by atoms with E-state index in [4.69, 9.17) is 0 Å². The lowest BCUT2D eigenvalue weighted by Gasteiger charge is -2.29. The molecule has 2 aromatic heterocycles. The minimum atomic E-state index is 0.0773. The first-order chi connectivity index (χ1) is 15.6. The largest absolute Gasteiger partial charge is 0.297 e.